The molecule has 0 bridgehead atoms. The monoisotopic (exact) mass is 312 g/mol. The molecule has 1 aromatic rings. The maximum Gasteiger partial charge on any atom is 0.163 e. The van der Waals surface area contributed by atoms with Crippen molar-refractivity contribution in [2.45, 2.75) is 31.6 Å². The molecule has 5 nitrogen and oxygen atoms in total. The minimum absolute atomic E-state index is 0.0375. The molecule has 1 heterocycles. The van der Waals surface area contributed by atoms with Gasteiger partial charge in [0.2, 0.25) is 0 Å². The smallest absolute Gasteiger partial charge is 0.163 e. The van der Waals surface area contributed by atoms with Gasteiger partial charge in [0.15, 0.2) is 15.6 Å². The molecule has 0 amide bonds. The Morgan fingerprint density at radius 3 is 2.71 bits per heavy atom. The molecule has 6 heteroatoms. The zero-order valence-corrected chi connectivity index (χ0v) is 13.1. The highest BCUT2D eigenvalue weighted by Gasteiger charge is 2.35. The minimum atomic E-state index is -3.25. The molecule has 1 fully saturated rings. The van der Waals surface area contributed by atoms with Gasteiger partial charge in [0.25, 0.3) is 0 Å². The molecule has 0 radical (unpaired) electrons. The third kappa shape index (κ3) is 3.83. The first-order chi connectivity index (χ1) is 9.92. The van der Waals surface area contributed by atoms with Crippen molar-refractivity contribution < 1.29 is 22.7 Å². The van der Waals surface area contributed by atoms with E-state index in [1.165, 1.54) is 6.92 Å². The number of para-hydroxylation sites is 1. The maximum absolute atomic E-state index is 12.2. The van der Waals surface area contributed by atoms with Crippen LogP contribution in [0.3, 0.4) is 0 Å². The van der Waals surface area contributed by atoms with Crippen LogP contribution in [0.15, 0.2) is 24.3 Å². The van der Waals surface area contributed by atoms with E-state index in [-0.39, 0.29) is 24.2 Å². The molecular weight excluding hydrogens is 292 g/mol. The average Bonchev–Trinajstić information content (AvgIpc) is 2.86. The number of sulfone groups is 1. The van der Waals surface area contributed by atoms with Crippen LogP contribution in [0, 0.1) is 0 Å². The summed E-state index contributed by atoms with van der Waals surface area (Å²) in [4.78, 5) is 11.5. The molecular formula is C15H20O5S. The molecule has 0 aliphatic carbocycles. The van der Waals surface area contributed by atoms with Gasteiger partial charge in [0.1, 0.15) is 12.4 Å². The van der Waals surface area contributed by atoms with Crippen molar-refractivity contribution in [3.05, 3.63) is 29.8 Å². The lowest BCUT2D eigenvalue weighted by atomic mass is 10.1. The Labute approximate surface area is 125 Å². The fourth-order valence-electron chi connectivity index (χ4n) is 2.49. The van der Waals surface area contributed by atoms with Crippen molar-refractivity contribution in [1.29, 1.82) is 0 Å². The maximum atomic E-state index is 12.2. The van der Waals surface area contributed by atoms with E-state index in [1.54, 1.807) is 31.2 Å². The summed E-state index contributed by atoms with van der Waals surface area (Å²) in [5.41, 5.74) is 0.465. The Morgan fingerprint density at radius 2 is 2.10 bits per heavy atom. The van der Waals surface area contributed by atoms with Gasteiger partial charge >= 0.3 is 0 Å². The van der Waals surface area contributed by atoms with Gasteiger partial charge in [-0.15, -0.1) is 0 Å². The van der Waals surface area contributed by atoms with Gasteiger partial charge in [0.05, 0.1) is 22.7 Å². The van der Waals surface area contributed by atoms with Crippen LogP contribution in [-0.2, 0) is 14.6 Å². The van der Waals surface area contributed by atoms with Gasteiger partial charge in [-0.25, -0.2) is 8.42 Å². The van der Waals surface area contributed by atoms with Crippen molar-refractivity contribution in [3.63, 3.8) is 0 Å². The van der Waals surface area contributed by atoms with Crippen LogP contribution in [0.2, 0.25) is 0 Å². The Hall–Kier alpha value is -1.40. The first kappa shape index (κ1) is 16.0. The fraction of sp³-hybridized carbons (Fsp3) is 0.533. The summed E-state index contributed by atoms with van der Waals surface area (Å²) in [6.45, 7) is 3.76. The Kier molecular flexibility index (Phi) is 5.00. The van der Waals surface area contributed by atoms with Crippen molar-refractivity contribution in [1.82, 2.24) is 0 Å². The van der Waals surface area contributed by atoms with Crippen molar-refractivity contribution in [2.24, 2.45) is 0 Å². The highest BCUT2D eigenvalue weighted by Crippen LogP contribution is 2.22. The van der Waals surface area contributed by atoms with E-state index < -0.39 is 15.1 Å². The standard InChI is InChI=1S/C15H20O5S/c1-11(16)13-5-3-4-6-14(13)20-9-10-21(17,18)15-7-8-19-12(15)2/h3-6,12,15H,7-10H2,1-2H3. The molecule has 0 N–H and O–H groups in total. The SMILES string of the molecule is CC(=O)c1ccccc1OCCS(=O)(=O)C1CCOC1C. The molecule has 2 rings (SSSR count). The molecule has 1 aliphatic heterocycles. The summed E-state index contributed by atoms with van der Waals surface area (Å²) in [6.07, 6.45) is 0.271. The first-order valence-electron chi connectivity index (χ1n) is 6.98. The minimum Gasteiger partial charge on any atom is -0.492 e. The van der Waals surface area contributed by atoms with E-state index in [9.17, 15) is 13.2 Å². The molecule has 116 valence electrons. The number of hydrogen-bond acceptors (Lipinski definition) is 5. The summed E-state index contributed by atoms with van der Waals surface area (Å²) in [5.74, 6) is 0.250. The number of ketones is 1. The normalized spacial score (nSPS) is 22.2. The van der Waals surface area contributed by atoms with Crippen LogP contribution in [0.25, 0.3) is 0 Å². The Bertz CT molecular complexity index is 608. The number of carbonyl (C=O) groups excluding carboxylic acids is 1. The molecule has 1 aromatic carbocycles. The first-order valence-corrected chi connectivity index (χ1v) is 8.69. The van der Waals surface area contributed by atoms with Gasteiger partial charge < -0.3 is 9.47 Å². The van der Waals surface area contributed by atoms with Crippen molar-refractivity contribution in [2.75, 3.05) is 19.0 Å². The van der Waals surface area contributed by atoms with Crippen LogP contribution in [-0.4, -0.2) is 44.5 Å². The lowest BCUT2D eigenvalue weighted by Gasteiger charge is -2.15. The molecule has 0 saturated carbocycles. The summed E-state index contributed by atoms with van der Waals surface area (Å²) in [6, 6.07) is 6.84. The van der Waals surface area contributed by atoms with Crippen LogP contribution < -0.4 is 4.74 Å². The molecule has 2 atom stereocenters. The molecule has 0 aromatic heterocycles. The van der Waals surface area contributed by atoms with E-state index in [2.05, 4.69) is 0 Å². The van der Waals surface area contributed by atoms with E-state index in [0.29, 0.717) is 24.3 Å². The van der Waals surface area contributed by atoms with E-state index in [0.717, 1.165) is 0 Å². The number of carbonyl (C=O) groups is 1. The lowest BCUT2D eigenvalue weighted by molar-refractivity contribution is 0.101. The third-order valence-electron chi connectivity index (χ3n) is 3.66. The van der Waals surface area contributed by atoms with Gasteiger partial charge in [0, 0.05) is 6.61 Å². The predicted octanol–water partition coefficient (Wildman–Crippen LogP) is 1.86. The number of Topliss-reactive ketones (excluding diaryl/α,β-unsaturated/α-hetero) is 1. The molecule has 0 spiro atoms. The second kappa shape index (κ2) is 6.58. The Balaban J connectivity index is 1.97. The fourth-order valence-corrected chi connectivity index (χ4v) is 4.22. The highest BCUT2D eigenvalue weighted by atomic mass is 32.2. The van der Waals surface area contributed by atoms with Crippen LogP contribution in [0.4, 0.5) is 0 Å². The summed E-state index contributed by atoms with van der Waals surface area (Å²) in [5, 5.41) is -0.454. The zero-order chi connectivity index (χ0) is 15.5. The van der Waals surface area contributed by atoms with Gasteiger partial charge in [-0.1, -0.05) is 12.1 Å². The Morgan fingerprint density at radius 1 is 1.38 bits per heavy atom. The van der Waals surface area contributed by atoms with Gasteiger partial charge in [-0.05, 0) is 32.4 Å². The van der Waals surface area contributed by atoms with E-state index in [4.69, 9.17) is 9.47 Å². The molecule has 1 saturated heterocycles. The zero-order valence-electron chi connectivity index (χ0n) is 12.2. The van der Waals surface area contributed by atoms with E-state index >= 15 is 0 Å². The van der Waals surface area contributed by atoms with Crippen molar-refractivity contribution in [3.8, 4) is 5.75 Å². The molecule has 1 aliphatic rings. The summed E-state index contributed by atoms with van der Waals surface area (Å²) >= 11 is 0. The summed E-state index contributed by atoms with van der Waals surface area (Å²) < 4.78 is 35.2. The second-order valence-corrected chi connectivity index (χ2v) is 7.51. The third-order valence-corrected chi connectivity index (χ3v) is 5.94. The molecule has 21 heavy (non-hydrogen) atoms. The quantitative estimate of drug-likeness (QED) is 0.750. The lowest BCUT2D eigenvalue weighted by Crippen LogP contribution is -2.32. The van der Waals surface area contributed by atoms with Crippen molar-refractivity contribution >= 4 is 15.6 Å². The topological polar surface area (TPSA) is 69.7 Å². The van der Waals surface area contributed by atoms with Gasteiger partial charge in [-0.3, -0.25) is 4.79 Å². The number of hydrogen-bond donors (Lipinski definition) is 0. The number of rotatable bonds is 6. The average molecular weight is 312 g/mol. The van der Waals surface area contributed by atoms with Gasteiger partial charge in [-0.2, -0.15) is 0 Å². The highest BCUT2D eigenvalue weighted by molar-refractivity contribution is 7.92. The number of ether oxygens (including phenoxy) is 2. The van der Waals surface area contributed by atoms with Crippen LogP contribution in [0.1, 0.15) is 30.6 Å². The molecule has 2 unspecified atom stereocenters. The van der Waals surface area contributed by atoms with Crippen LogP contribution >= 0.6 is 0 Å². The largest absolute Gasteiger partial charge is 0.492 e. The van der Waals surface area contributed by atoms with E-state index in [1.807, 2.05) is 0 Å². The predicted molar refractivity (Wildman–Crippen MR) is 79.5 cm³/mol. The number of benzene rings is 1. The second-order valence-electron chi connectivity index (χ2n) is 5.17. The summed E-state index contributed by atoms with van der Waals surface area (Å²) in [7, 11) is -3.25. The van der Waals surface area contributed by atoms with Crippen LogP contribution in [0.5, 0.6) is 5.75 Å².